The van der Waals surface area contributed by atoms with Gasteiger partial charge in [-0.3, -0.25) is 0 Å². The van der Waals surface area contributed by atoms with Crippen molar-refractivity contribution in [3.05, 3.63) is 34.3 Å². The van der Waals surface area contributed by atoms with Gasteiger partial charge in [0.25, 0.3) is 0 Å². The number of hydrogen-bond acceptors (Lipinski definition) is 1. The Morgan fingerprint density at radius 2 is 2.14 bits per heavy atom. The molecule has 2 atom stereocenters. The second kappa shape index (κ2) is 3.92. The van der Waals surface area contributed by atoms with Gasteiger partial charge in [-0.25, -0.2) is 0 Å². The number of nitrogens with one attached hydrogen (secondary N) is 1. The first-order valence-corrected chi connectivity index (χ1v) is 5.53. The molecule has 2 unspecified atom stereocenters. The molecule has 0 radical (unpaired) electrons. The Morgan fingerprint density at radius 1 is 1.36 bits per heavy atom. The van der Waals surface area contributed by atoms with Crippen LogP contribution in [0.25, 0.3) is 0 Å². The Labute approximate surface area is 90.5 Å². The van der Waals surface area contributed by atoms with Crippen molar-refractivity contribution in [1.82, 2.24) is 5.32 Å². The van der Waals surface area contributed by atoms with Crippen molar-refractivity contribution < 1.29 is 0 Å². The molecular formula is C12H16ClN. The lowest BCUT2D eigenvalue weighted by molar-refractivity contribution is 0.572. The molecule has 1 heterocycles. The third-order valence-corrected chi connectivity index (χ3v) is 3.40. The van der Waals surface area contributed by atoms with E-state index in [2.05, 4.69) is 37.4 Å². The van der Waals surface area contributed by atoms with Crippen molar-refractivity contribution in [2.75, 3.05) is 13.1 Å². The average molecular weight is 210 g/mol. The lowest BCUT2D eigenvalue weighted by Gasteiger charge is -2.16. The molecule has 1 saturated heterocycles. The fourth-order valence-electron chi connectivity index (χ4n) is 2.16. The molecule has 0 spiro atoms. The van der Waals surface area contributed by atoms with Gasteiger partial charge in [-0.1, -0.05) is 30.7 Å². The van der Waals surface area contributed by atoms with E-state index in [0.29, 0.717) is 11.8 Å². The summed E-state index contributed by atoms with van der Waals surface area (Å²) in [6.07, 6.45) is 0. The fraction of sp³-hybridized carbons (Fsp3) is 0.500. The first kappa shape index (κ1) is 10.0. The van der Waals surface area contributed by atoms with Gasteiger partial charge in [0.05, 0.1) is 0 Å². The van der Waals surface area contributed by atoms with Gasteiger partial charge in [0, 0.05) is 17.5 Å². The average Bonchev–Trinajstić information content (AvgIpc) is 2.52. The summed E-state index contributed by atoms with van der Waals surface area (Å²) in [5.74, 6) is 1.28. The summed E-state index contributed by atoms with van der Waals surface area (Å²) in [4.78, 5) is 0. The predicted octanol–water partition coefficient (Wildman–Crippen LogP) is 2.97. The van der Waals surface area contributed by atoms with Crippen LogP contribution in [0.3, 0.4) is 0 Å². The number of benzene rings is 1. The van der Waals surface area contributed by atoms with Crippen LogP contribution in [0.15, 0.2) is 18.2 Å². The Morgan fingerprint density at radius 3 is 2.71 bits per heavy atom. The van der Waals surface area contributed by atoms with E-state index in [9.17, 15) is 0 Å². The van der Waals surface area contributed by atoms with E-state index in [0.717, 1.165) is 18.1 Å². The third kappa shape index (κ3) is 1.79. The molecule has 0 aliphatic carbocycles. The monoisotopic (exact) mass is 209 g/mol. The number of halogens is 1. The van der Waals surface area contributed by atoms with Gasteiger partial charge in [-0.15, -0.1) is 0 Å². The van der Waals surface area contributed by atoms with Crippen molar-refractivity contribution >= 4 is 11.6 Å². The maximum atomic E-state index is 6.25. The van der Waals surface area contributed by atoms with Crippen molar-refractivity contribution in [2.24, 2.45) is 5.92 Å². The van der Waals surface area contributed by atoms with Crippen molar-refractivity contribution in [1.29, 1.82) is 0 Å². The summed E-state index contributed by atoms with van der Waals surface area (Å²) >= 11 is 6.25. The molecule has 1 aromatic rings. The number of aryl methyl sites for hydroxylation is 1. The molecule has 0 amide bonds. The molecule has 14 heavy (non-hydrogen) atoms. The van der Waals surface area contributed by atoms with E-state index in [1.807, 2.05) is 0 Å². The maximum absolute atomic E-state index is 6.25. The first-order valence-electron chi connectivity index (χ1n) is 5.15. The largest absolute Gasteiger partial charge is 0.316 e. The minimum Gasteiger partial charge on any atom is -0.316 e. The zero-order chi connectivity index (χ0) is 10.1. The third-order valence-electron chi connectivity index (χ3n) is 3.07. The van der Waals surface area contributed by atoms with Gasteiger partial charge in [0.1, 0.15) is 0 Å². The summed E-state index contributed by atoms with van der Waals surface area (Å²) < 4.78 is 0. The summed E-state index contributed by atoms with van der Waals surface area (Å²) in [6.45, 7) is 6.52. The van der Waals surface area contributed by atoms with E-state index in [-0.39, 0.29) is 0 Å². The van der Waals surface area contributed by atoms with E-state index >= 15 is 0 Å². The first-order chi connectivity index (χ1) is 6.68. The molecule has 2 rings (SSSR count). The minimum atomic E-state index is 0.586. The normalized spacial score (nSPS) is 26.8. The van der Waals surface area contributed by atoms with Crippen LogP contribution < -0.4 is 5.32 Å². The Hall–Kier alpha value is -0.530. The highest BCUT2D eigenvalue weighted by Crippen LogP contribution is 2.32. The molecular weight excluding hydrogens is 194 g/mol. The van der Waals surface area contributed by atoms with Gasteiger partial charge in [-0.05, 0) is 36.6 Å². The van der Waals surface area contributed by atoms with Crippen LogP contribution in [-0.4, -0.2) is 13.1 Å². The molecule has 1 aromatic carbocycles. The lowest BCUT2D eigenvalue weighted by atomic mass is 9.90. The fourth-order valence-corrected chi connectivity index (χ4v) is 2.53. The van der Waals surface area contributed by atoms with Gasteiger partial charge in [0.15, 0.2) is 0 Å². The highest BCUT2D eigenvalue weighted by atomic mass is 35.5. The Balaban J connectivity index is 2.31. The smallest absolute Gasteiger partial charge is 0.0444 e. The second-order valence-corrected chi connectivity index (χ2v) is 4.67. The van der Waals surface area contributed by atoms with E-state index < -0.39 is 0 Å². The SMILES string of the molecule is Cc1ccc(C2CNCC2C)c(Cl)c1. The molecule has 0 aromatic heterocycles. The van der Waals surface area contributed by atoms with Crippen LogP contribution in [0.4, 0.5) is 0 Å². The zero-order valence-electron chi connectivity index (χ0n) is 8.68. The molecule has 1 fully saturated rings. The summed E-state index contributed by atoms with van der Waals surface area (Å²) in [7, 11) is 0. The van der Waals surface area contributed by atoms with E-state index in [1.54, 1.807) is 0 Å². The van der Waals surface area contributed by atoms with E-state index in [1.165, 1.54) is 11.1 Å². The molecule has 1 nitrogen and oxygen atoms in total. The molecule has 0 bridgehead atoms. The van der Waals surface area contributed by atoms with Crippen LogP contribution in [-0.2, 0) is 0 Å². The van der Waals surface area contributed by atoms with E-state index in [4.69, 9.17) is 11.6 Å². The number of hydrogen-bond donors (Lipinski definition) is 1. The molecule has 0 saturated carbocycles. The highest BCUT2D eigenvalue weighted by Gasteiger charge is 2.25. The van der Waals surface area contributed by atoms with Gasteiger partial charge in [-0.2, -0.15) is 0 Å². The molecule has 2 heteroatoms. The topological polar surface area (TPSA) is 12.0 Å². The summed E-state index contributed by atoms with van der Waals surface area (Å²) in [6, 6.07) is 6.38. The molecule has 1 N–H and O–H groups in total. The predicted molar refractivity (Wildman–Crippen MR) is 61.0 cm³/mol. The molecule has 76 valence electrons. The summed E-state index contributed by atoms with van der Waals surface area (Å²) in [5, 5.41) is 4.33. The standard InChI is InChI=1S/C12H16ClN/c1-8-3-4-10(12(13)5-8)11-7-14-6-9(11)2/h3-5,9,11,14H,6-7H2,1-2H3. The Bertz CT molecular complexity index is 335. The van der Waals surface area contributed by atoms with Gasteiger partial charge >= 0.3 is 0 Å². The maximum Gasteiger partial charge on any atom is 0.0444 e. The van der Waals surface area contributed by atoms with Crippen molar-refractivity contribution in [2.45, 2.75) is 19.8 Å². The second-order valence-electron chi connectivity index (χ2n) is 4.27. The van der Waals surface area contributed by atoms with Crippen LogP contribution in [0.1, 0.15) is 24.0 Å². The van der Waals surface area contributed by atoms with Crippen LogP contribution in [0, 0.1) is 12.8 Å². The Kier molecular flexibility index (Phi) is 2.80. The quantitative estimate of drug-likeness (QED) is 0.750. The molecule has 1 aliphatic heterocycles. The van der Waals surface area contributed by atoms with Crippen molar-refractivity contribution in [3.63, 3.8) is 0 Å². The van der Waals surface area contributed by atoms with Gasteiger partial charge in [0.2, 0.25) is 0 Å². The lowest BCUT2D eigenvalue weighted by Crippen LogP contribution is -2.08. The van der Waals surface area contributed by atoms with Gasteiger partial charge < -0.3 is 5.32 Å². The molecule has 1 aliphatic rings. The highest BCUT2D eigenvalue weighted by molar-refractivity contribution is 6.31. The zero-order valence-corrected chi connectivity index (χ0v) is 9.43. The van der Waals surface area contributed by atoms with Crippen molar-refractivity contribution in [3.8, 4) is 0 Å². The number of rotatable bonds is 1. The van der Waals surface area contributed by atoms with Crippen LogP contribution >= 0.6 is 11.6 Å². The van der Waals surface area contributed by atoms with Crippen LogP contribution in [0.2, 0.25) is 5.02 Å². The summed E-state index contributed by atoms with van der Waals surface area (Å²) in [5.41, 5.74) is 2.53. The minimum absolute atomic E-state index is 0.586. The van der Waals surface area contributed by atoms with Crippen LogP contribution in [0.5, 0.6) is 0 Å².